The average Bonchev–Trinajstić information content (AvgIpc) is 2.26. The Balaban J connectivity index is 4.84. The summed E-state index contributed by atoms with van der Waals surface area (Å²) in [4.78, 5) is 22.8. The molecular formula is C12H17F3O3. The van der Waals surface area contributed by atoms with E-state index in [4.69, 9.17) is 4.74 Å². The second kappa shape index (κ2) is 7.31. The van der Waals surface area contributed by atoms with E-state index in [1.165, 1.54) is 14.0 Å². The zero-order valence-electron chi connectivity index (χ0n) is 10.6. The Labute approximate surface area is 104 Å². The van der Waals surface area contributed by atoms with Crippen LogP contribution in [0.1, 0.15) is 26.7 Å². The highest BCUT2D eigenvalue weighted by molar-refractivity contribution is 6.00. The number of methoxy groups -OCH3 is 1. The van der Waals surface area contributed by atoms with Gasteiger partial charge in [0.1, 0.15) is 11.6 Å². The molecular weight excluding hydrogens is 249 g/mol. The van der Waals surface area contributed by atoms with Crippen LogP contribution >= 0.6 is 0 Å². The molecule has 104 valence electrons. The molecule has 0 radical (unpaired) electrons. The van der Waals surface area contributed by atoms with Gasteiger partial charge in [0.2, 0.25) is 0 Å². The Morgan fingerprint density at radius 3 is 2.28 bits per heavy atom. The number of alkyl halides is 3. The molecule has 0 saturated carbocycles. The number of Topliss-reactive ketones (excluding diaryl/α,β-unsaturated/α-hetero) is 2. The molecule has 0 aliphatic heterocycles. The summed E-state index contributed by atoms with van der Waals surface area (Å²) in [5.74, 6) is -1.92. The summed E-state index contributed by atoms with van der Waals surface area (Å²) >= 11 is 0. The molecule has 0 heterocycles. The molecule has 0 amide bonds. The highest BCUT2D eigenvalue weighted by Crippen LogP contribution is 2.20. The molecule has 0 fully saturated rings. The summed E-state index contributed by atoms with van der Waals surface area (Å²) in [7, 11) is 1.30. The zero-order valence-corrected chi connectivity index (χ0v) is 10.6. The van der Waals surface area contributed by atoms with Crippen LogP contribution in [0.4, 0.5) is 13.2 Å². The van der Waals surface area contributed by atoms with E-state index < -0.39 is 24.0 Å². The number of carbonyl (C=O) groups is 2. The number of carbonyl (C=O) groups excluding carboxylic acids is 2. The third-order valence-electron chi connectivity index (χ3n) is 2.51. The standard InChI is InChI=1S/C12H17F3O3/c1-4-9(16)7-11(17)10(8(2)18-3)5-6-12(13,14)15/h5-6,8,10H,4,7H2,1-3H3/b6-5+/t8-,10?/m0/s1. The Bertz CT molecular complexity index is 321. The number of ether oxygens (including phenoxy) is 1. The molecule has 0 aromatic carbocycles. The predicted molar refractivity (Wildman–Crippen MR) is 60.1 cm³/mol. The number of allylic oxidation sites excluding steroid dienone is 1. The van der Waals surface area contributed by atoms with Gasteiger partial charge >= 0.3 is 6.18 Å². The number of hydrogen-bond donors (Lipinski definition) is 0. The van der Waals surface area contributed by atoms with E-state index in [1.54, 1.807) is 6.92 Å². The lowest BCUT2D eigenvalue weighted by molar-refractivity contribution is -0.130. The summed E-state index contributed by atoms with van der Waals surface area (Å²) in [6.45, 7) is 3.08. The first kappa shape index (κ1) is 16.8. The van der Waals surface area contributed by atoms with Gasteiger partial charge in [0.15, 0.2) is 0 Å². The molecule has 1 unspecified atom stereocenters. The Hall–Kier alpha value is -1.17. The van der Waals surface area contributed by atoms with Crippen LogP contribution in [0.3, 0.4) is 0 Å². The van der Waals surface area contributed by atoms with Gasteiger partial charge < -0.3 is 4.74 Å². The van der Waals surface area contributed by atoms with Gasteiger partial charge in [-0.15, -0.1) is 0 Å². The molecule has 0 N–H and O–H groups in total. The Morgan fingerprint density at radius 1 is 1.33 bits per heavy atom. The first-order chi connectivity index (χ1) is 8.21. The summed E-state index contributed by atoms with van der Waals surface area (Å²) < 4.78 is 41.1. The van der Waals surface area contributed by atoms with E-state index in [2.05, 4.69) is 0 Å². The molecule has 0 aliphatic carbocycles. The highest BCUT2D eigenvalue weighted by Gasteiger charge is 2.28. The van der Waals surface area contributed by atoms with Crippen LogP contribution in [0.25, 0.3) is 0 Å². The lowest BCUT2D eigenvalue weighted by Crippen LogP contribution is -2.28. The number of rotatable bonds is 7. The van der Waals surface area contributed by atoms with Crippen LogP contribution in [0.15, 0.2) is 12.2 Å². The quantitative estimate of drug-likeness (QED) is 0.525. The van der Waals surface area contributed by atoms with E-state index in [1.807, 2.05) is 0 Å². The van der Waals surface area contributed by atoms with Crippen molar-refractivity contribution >= 4 is 11.6 Å². The first-order valence-electron chi connectivity index (χ1n) is 5.54. The molecule has 0 saturated heterocycles. The van der Waals surface area contributed by atoms with Gasteiger partial charge in [-0.05, 0) is 6.92 Å². The van der Waals surface area contributed by atoms with Gasteiger partial charge in [-0.3, -0.25) is 9.59 Å². The number of hydrogen-bond acceptors (Lipinski definition) is 3. The third-order valence-corrected chi connectivity index (χ3v) is 2.51. The molecule has 0 spiro atoms. The minimum Gasteiger partial charge on any atom is -0.381 e. The second-order valence-electron chi connectivity index (χ2n) is 3.90. The molecule has 0 aromatic rings. The van der Waals surface area contributed by atoms with Crippen molar-refractivity contribution < 1.29 is 27.5 Å². The molecule has 0 bridgehead atoms. The van der Waals surface area contributed by atoms with Crippen LogP contribution in [0, 0.1) is 5.92 Å². The van der Waals surface area contributed by atoms with Gasteiger partial charge in [0, 0.05) is 19.6 Å². The smallest absolute Gasteiger partial charge is 0.381 e. The monoisotopic (exact) mass is 266 g/mol. The number of halogens is 3. The maximum Gasteiger partial charge on any atom is 0.409 e. The molecule has 0 rings (SSSR count). The van der Waals surface area contributed by atoms with Crippen LogP contribution < -0.4 is 0 Å². The SMILES string of the molecule is CCC(=O)CC(=O)C(/C=C/C(F)(F)F)[C@H](C)OC. The van der Waals surface area contributed by atoms with Crippen molar-refractivity contribution in [2.24, 2.45) is 5.92 Å². The molecule has 6 heteroatoms. The molecule has 3 nitrogen and oxygen atoms in total. The van der Waals surface area contributed by atoms with Crippen LogP contribution in [0.2, 0.25) is 0 Å². The van der Waals surface area contributed by atoms with Gasteiger partial charge in [-0.1, -0.05) is 13.0 Å². The van der Waals surface area contributed by atoms with Gasteiger partial charge in [-0.25, -0.2) is 0 Å². The maximum absolute atomic E-state index is 12.1. The van der Waals surface area contributed by atoms with E-state index in [0.717, 1.165) is 6.08 Å². The first-order valence-corrected chi connectivity index (χ1v) is 5.54. The summed E-state index contributed by atoms with van der Waals surface area (Å²) in [5.41, 5.74) is 0. The summed E-state index contributed by atoms with van der Waals surface area (Å²) in [6.07, 6.45) is -4.62. The molecule has 18 heavy (non-hydrogen) atoms. The Morgan fingerprint density at radius 2 is 1.89 bits per heavy atom. The van der Waals surface area contributed by atoms with Crippen LogP contribution in [-0.4, -0.2) is 31.0 Å². The average molecular weight is 266 g/mol. The van der Waals surface area contributed by atoms with Crippen LogP contribution in [-0.2, 0) is 14.3 Å². The van der Waals surface area contributed by atoms with Crippen molar-refractivity contribution in [1.82, 2.24) is 0 Å². The van der Waals surface area contributed by atoms with Crippen molar-refractivity contribution in [1.29, 1.82) is 0 Å². The van der Waals surface area contributed by atoms with E-state index in [-0.39, 0.29) is 24.7 Å². The maximum atomic E-state index is 12.1. The van der Waals surface area contributed by atoms with Gasteiger partial charge in [-0.2, -0.15) is 13.2 Å². The predicted octanol–water partition coefficient (Wildman–Crippen LogP) is 2.69. The minimum atomic E-state index is -4.49. The normalized spacial score (nSPS) is 15.7. The van der Waals surface area contributed by atoms with Crippen LogP contribution in [0.5, 0.6) is 0 Å². The molecule has 2 atom stereocenters. The van der Waals surface area contributed by atoms with E-state index in [0.29, 0.717) is 0 Å². The highest BCUT2D eigenvalue weighted by atomic mass is 19.4. The van der Waals surface area contributed by atoms with Crippen molar-refractivity contribution in [2.45, 2.75) is 39.0 Å². The van der Waals surface area contributed by atoms with Gasteiger partial charge in [0.05, 0.1) is 18.4 Å². The number of ketones is 2. The fourth-order valence-corrected chi connectivity index (χ4v) is 1.32. The minimum absolute atomic E-state index is 0.00150. The Kier molecular flexibility index (Phi) is 6.83. The summed E-state index contributed by atoms with van der Waals surface area (Å²) in [6, 6.07) is 0. The summed E-state index contributed by atoms with van der Waals surface area (Å²) in [5, 5.41) is 0. The zero-order chi connectivity index (χ0) is 14.3. The fourth-order valence-electron chi connectivity index (χ4n) is 1.32. The van der Waals surface area contributed by atoms with Crippen molar-refractivity contribution in [2.75, 3.05) is 7.11 Å². The second-order valence-corrected chi connectivity index (χ2v) is 3.90. The molecule has 0 aliphatic rings. The lowest BCUT2D eigenvalue weighted by Gasteiger charge is -2.18. The third kappa shape index (κ3) is 6.54. The van der Waals surface area contributed by atoms with E-state index in [9.17, 15) is 22.8 Å². The van der Waals surface area contributed by atoms with Gasteiger partial charge in [0.25, 0.3) is 0 Å². The van der Waals surface area contributed by atoms with Crippen molar-refractivity contribution in [3.8, 4) is 0 Å². The largest absolute Gasteiger partial charge is 0.409 e. The molecule has 0 aromatic heterocycles. The topological polar surface area (TPSA) is 43.4 Å². The van der Waals surface area contributed by atoms with Crippen molar-refractivity contribution in [3.63, 3.8) is 0 Å². The van der Waals surface area contributed by atoms with Crippen molar-refractivity contribution in [3.05, 3.63) is 12.2 Å². The lowest BCUT2D eigenvalue weighted by atomic mass is 9.93. The fraction of sp³-hybridized carbons (Fsp3) is 0.667. The van der Waals surface area contributed by atoms with E-state index >= 15 is 0 Å².